The molecule has 0 amide bonds. The molecule has 0 aliphatic carbocycles. The first-order valence-electron chi connectivity index (χ1n) is 6.14. The zero-order chi connectivity index (χ0) is 12.1. The minimum Gasteiger partial charge on any atom is -0.481 e. The normalized spacial score (nSPS) is 20.5. The molecule has 1 unspecified atom stereocenters. The van der Waals surface area contributed by atoms with Crippen molar-refractivity contribution in [2.75, 3.05) is 38.6 Å². The highest BCUT2D eigenvalue weighted by Crippen LogP contribution is 2.17. The lowest BCUT2D eigenvalue weighted by molar-refractivity contribution is 0.345. The van der Waals surface area contributed by atoms with Crippen LogP contribution in [0.5, 0.6) is 5.88 Å². The number of aromatic nitrogens is 2. The van der Waals surface area contributed by atoms with Crippen LogP contribution < -0.4 is 10.1 Å². The summed E-state index contributed by atoms with van der Waals surface area (Å²) in [6.07, 6.45) is 2.79. The maximum absolute atomic E-state index is 5.06. The lowest BCUT2D eigenvalue weighted by Gasteiger charge is -2.14. The molecule has 5 heteroatoms. The fraction of sp³-hybridized carbons (Fsp3) is 0.667. The molecule has 1 atom stereocenters. The van der Waals surface area contributed by atoms with E-state index in [4.69, 9.17) is 4.74 Å². The van der Waals surface area contributed by atoms with Crippen molar-refractivity contribution in [2.24, 2.45) is 5.92 Å². The van der Waals surface area contributed by atoms with Crippen LogP contribution in [0.4, 0.5) is 5.82 Å². The molecule has 0 bridgehead atoms. The molecule has 1 aliphatic heterocycles. The Morgan fingerprint density at radius 1 is 1.53 bits per heavy atom. The molecule has 0 saturated carbocycles. The Balaban J connectivity index is 1.81. The number of ether oxygens (including phenoxy) is 1. The highest BCUT2D eigenvalue weighted by Gasteiger charge is 2.20. The molecule has 1 aromatic heterocycles. The number of hydrogen-bond acceptors (Lipinski definition) is 5. The average Bonchev–Trinajstić information content (AvgIpc) is 2.84. The maximum atomic E-state index is 5.06. The van der Waals surface area contributed by atoms with Gasteiger partial charge in [0, 0.05) is 19.2 Å². The van der Waals surface area contributed by atoms with E-state index in [-0.39, 0.29) is 0 Å². The van der Waals surface area contributed by atoms with Crippen molar-refractivity contribution >= 4 is 5.82 Å². The van der Waals surface area contributed by atoms with Crippen LogP contribution in [0.3, 0.4) is 0 Å². The van der Waals surface area contributed by atoms with Gasteiger partial charge in [-0.3, -0.25) is 0 Å². The topological polar surface area (TPSA) is 50.3 Å². The Hall–Kier alpha value is -1.36. The van der Waals surface area contributed by atoms with Crippen LogP contribution in [0.1, 0.15) is 13.3 Å². The summed E-state index contributed by atoms with van der Waals surface area (Å²) in [6, 6.07) is 1.83. The molecule has 1 saturated heterocycles. The molecule has 1 aliphatic rings. The number of nitrogens with zero attached hydrogens (tertiary/aromatic N) is 3. The standard InChI is InChI=1S/C12H20N4O/c1-3-16-5-4-10(8-16)7-13-11-6-12(17-2)15-9-14-11/h6,9-10H,3-5,7-8H2,1-2H3,(H,13,14,15). The van der Waals surface area contributed by atoms with Crippen molar-refractivity contribution in [3.05, 3.63) is 12.4 Å². The smallest absolute Gasteiger partial charge is 0.218 e. The van der Waals surface area contributed by atoms with Gasteiger partial charge in [-0.15, -0.1) is 0 Å². The van der Waals surface area contributed by atoms with Gasteiger partial charge >= 0.3 is 0 Å². The third-order valence-electron chi connectivity index (χ3n) is 3.24. The number of rotatable bonds is 5. The van der Waals surface area contributed by atoms with Crippen LogP contribution in [0, 0.1) is 5.92 Å². The number of anilines is 1. The molecule has 2 rings (SSSR count). The van der Waals surface area contributed by atoms with Crippen LogP contribution in [0.15, 0.2) is 12.4 Å². The fourth-order valence-electron chi connectivity index (χ4n) is 2.16. The van der Waals surface area contributed by atoms with Crippen LogP contribution in [0.2, 0.25) is 0 Å². The molecule has 0 radical (unpaired) electrons. The maximum Gasteiger partial charge on any atom is 0.218 e. The van der Waals surface area contributed by atoms with Crippen LogP contribution in [0.25, 0.3) is 0 Å². The first-order chi connectivity index (χ1) is 8.31. The zero-order valence-corrected chi connectivity index (χ0v) is 10.5. The van der Waals surface area contributed by atoms with E-state index < -0.39 is 0 Å². The Morgan fingerprint density at radius 3 is 3.12 bits per heavy atom. The van der Waals surface area contributed by atoms with Crippen molar-refractivity contribution < 1.29 is 4.74 Å². The summed E-state index contributed by atoms with van der Waals surface area (Å²) in [6.45, 7) is 6.74. The van der Waals surface area contributed by atoms with Gasteiger partial charge in [-0.05, 0) is 25.4 Å². The van der Waals surface area contributed by atoms with Crippen molar-refractivity contribution in [3.8, 4) is 5.88 Å². The Bertz CT molecular complexity index is 358. The number of methoxy groups -OCH3 is 1. The predicted octanol–water partition coefficient (Wildman–Crippen LogP) is 1.24. The van der Waals surface area contributed by atoms with Crippen LogP contribution in [-0.2, 0) is 0 Å². The lowest BCUT2D eigenvalue weighted by atomic mass is 10.1. The van der Waals surface area contributed by atoms with Crippen LogP contribution >= 0.6 is 0 Å². The van der Waals surface area contributed by atoms with Crippen LogP contribution in [-0.4, -0.2) is 48.2 Å². The van der Waals surface area contributed by atoms with Crippen molar-refractivity contribution in [1.82, 2.24) is 14.9 Å². The summed E-state index contributed by atoms with van der Waals surface area (Å²) in [4.78, 5) is 10.6. The number of likely N-dealkylation sites (tertiary alicyclic amines) is 1. The first kappa shape index (κ1) is 12.1. The zero-order valence-electron chi connectivity index (χ0n) is 10.5. The van der Waals surface area contributed by atoms with Gasteiger partial charge in [-0.1, -0.05) is 6.92 Å². The molecule has 94 valence electrons. The van der Waals surface area contributed by atoms with Gasteiger partial charge in [0.2, 0.25) is 5.88 Å². The number of hydrogen-bond donors (Lipinski definition) is 1. The van der Waals surface area contributed by atoms with E-state index in [1.807, 2.05) is 6.07 Å². The van der Waals surface area contributed by atoms with E-state index in [1.165, 1.54) is 25.8 Å². The monoisotopic (exact) mass is 236 g/mol. The molecule has 0 spiro atoms. The molecule has 1 N–H and O–H groups in total. The SMILES string of the molecule is CCN1CCC(CNc2cc(OC)ncn2)C1. The molecular weight excluding hydrogens is 216 g/mol. The number of nitrogens with one attached hydrogen (secondary N) is 1. The van der Waals surface area contributed by atoms with Crippen molar-refractivity contribution in [3.63, 3.8) is 0 Å². The van der Waals surface area contributed by atoms with E-state index in [9.17, 15) is 0 Å². The quantitative estimate of drug-likeness (QED) is 0.833. The summed E-state index contributed by atoms with van der Waals surface area (Å²) in [5.41, 5.74) is 0. The summed E-state index contributed by atoms with van der Waals surface area (Å²) < 4.78 is 5.06. The van der Waals surface area contributed by atoms with Gasteiger partial charge in [0.15, 0.2) is 0 Å². The highest BCUT2D eigenvalue weighted by molar-refractivity contribution is 5.36. The molecule has 1 aromatic rings. The minimum absolute atomic E-state index is 0.601. The highest BCUT2D eigenvalue weighted by atomic mass is 16.5. The molecule has 1 fully saturated rings. The Labute approximate surface area is 102 Å². The Morgan fingerprint density at radius 2 is 2.41 bits per heavy atom. The molecular formula is C12H20N4O. The van der Waals surface area contributed by atoms with Gasteiger partial charge in [-0.25, -0.2) is 9.97 Å². The lowest BCUT2D eigenvalue weighted by Crippen LogP contribution is -2.22. The van der Waals surface area contributed by atoms with Gasteiger partial charge in [0.05, 0.1) is 7.11 Å². The fourth-order valence-corrected chi connectivity index (χ4v) is 2.16. The molecule has 2 heterocycles. The van der Waals surface area contributed by atoms with Gasteiger partial charge in [-0.2, -0.15) is 0 Å². The summed E-state index contributed by atoms with van der Waals surface area (Å²) in [5.74, 6) is 2.16. The van der Waals surface area contributed by atoms with Gasteiger partial charge in [0.25, 0.3) is 0 Å². The van der Waals surface area contributed by atoms with E-state index in [0.717, 1.165) is 24.8 Å². The van der Waals surface area contributed by atoms with Gasteiger partial charge in [0.1, 0.15) is 12.1 Å². The second-order valence-electron chi connectivity index (χ2n) is 4.37. The molecule has 5 nitrogen and oxygen atoms in total. The first-order valence-corrected chi connectivity index (χ1v) is 6.14. The second kappa shape index (κ2) is 5.82. The largest absolute Gasteiger partial charge is 0.481 e. The third-order valence-corrected chi connectivity index (χ3v) is 3.24. The molecule has 0 aromatic carbocycles. The van der Waals surface area contributed by atoms with Gasteiger partial charge < -0.3 is 15.0 Å². The van der Waals surface area contributed by atoms with E-state index in [1.54, 1.807) is 7.11 Å². The molecule has 17 heavy (non-hydrogen) atoms. The van der Waals surface area contributed by atoms with Crippen molar-refractivity contribution in [1.29, 1.82) is 0 Å². The second-order valence-corrected chi connectivity index (χ2v) is 4.37. The van der Waals surface area contributed by atoms with E-state index in [0.29, 0.717) is 5.88 Å². The summed E-state index contributed by atoms with van der Waals surface area (Å²) >= 11 is 0. The Kier molecular flexibility index (Phi) is 4.14. The third kappa shape index (κ3) is 3.30. The summed E-state index contributed by atoms with van der Waals surface area (Å²) in [7, 11) is 1.61. The van der Waals surface area contributed by atoms with E-state index in [2.05, 4.69) is 27.1 Å². The average molecular weight is 236 g/mol. The predicted molar refractivity (Wildman–Crippen MR) is 67.3 cm³/mol. The van der Waals surface area contributed by atoms with Crippen molar-refractivity contribution in [2.45, 2.75) is 13.3 Å². The van der Waals surface area contributed by atoms with E-state index >= 15 is 0 Å². The minimum atomic E-state index is 0.601. The summed E-state index contributed by atoms with van der Waals surface area (Å²) in [5, 5.41) is 3.35.